The Morgan fingerprint density at radius 2 is 1.68 bits per heavy atom. The molecule has 100 valence electrons. The van der Waals surface area contributed by atoms with E-state index in [0.29, 0.717) is 5.75 Å². The van der Waals surface area contributed by atoms with Gasteiger partial charge in [-0.05, 0) is 30.0 Å². The van der Waals surface area contributed by atoms with Crippen molar-refractivity contribution in [1.29, 1.82) is 0 Å². The summed E-state index contributed by atoms with van der Waals surface area (Å²) in [5.74, 6) is 0.603. The summed E-state index contributed by atoms with van der Waals surface area (Å²) in [6.45, 7) is 4.35. The van der Waals surface area contributed by atoms with Crippen LogP contribution in [0.15, 0.2) is 48.5 Å². The van der Waals surface area contributed by atoms with Gasteiger partial charge in [0.05, 0.1) is 0 Å². The Bertz CT molecular complexity index is 513. The summed E-state index contributed by atoms with van der Waals surface area (Å²) in [4.78, 5) is 0. The minimum Gasteiger partial charge on any atom is -0.508 e. The van der Waals surface area contributed by atoms with Gasteiger partial charge in [0.25, 0.3) is 0 Å². The lowest BCUT2D eigenvalue weighted by molar-refractivity contribution is 0.466. The number of phenols is 1. The largest absolute Gasteiger partial charge is 0.508 e. The molecule has 0 aliphatic rings. The average molecular weight is 254 g/mol. The fourth-order valence-corrected chi connectivity index (χ4v) is 2.39. The van der Waals surface area contributed by atoms with E-state index in [1.807, 2.05) is 18.2 Å². The fraction of sp³-hybridized carbons (Fsp3) is 0.333. The van der Waals surface area contributed by atoms with Gasteiger partial charge in [-0.1, -0.05) is 62.7 Å². The molecule has 1 heteroatoms. The van der Waals surface area contributed by atoms with Gasteiger partial charge in [-0.15, -0.1) is 0 Å². The highest BCUT2D eigenvalue weighted by Gasteiger charge is 2.11. The number of hydrogen-bond acceptors (Lipinski definition) is 1. The lowest BCUT2D eigenvalue weighted by Gasteiger charge is -2.14. The zero-order valence-electron chi connectivity index (χ0n) is 11.8. The molecule has 0 heterocycles. The van der Waals surface area contributed by atoms with Gasteiger partial charge in [0.2, 0.25) is 0 Å². The first-order valence-corrected chi connectivity index (χ1v) is 7.09. The Balaban J connectivity index is 2.16. The standard InChI is InChI=1S/C18H22O/c1-3-4-7-15-10-12-16(13-11-15)14(2)17-8-5-6-9-18(17)19/h5-6,8-14,19H,3-4,7H2,1-2H3. The van der Waals surface area contributed by atoms with Gasteiger partial charge >= 0.3 is 0 Å². The zero-order valence-corrected chi connectivity index (χ0v) is 11.8. The second-order valence-corrected chi connectivity index (χ2v) is 5.13. The highest BCUT2D eigenvalue weighted by Crippen LogP contribution is 2.30. The maximum Gasteiger partial charge on any atom is 0.119 e. The monoisotopic (exact) mass is 254 g/mol. The van der Waals surface area contributed by atoms with Crippen LogP contribution < -0.4 is 0 Å². The first-order valence-electron chi connectivity index (χ1n) is 7.09. The minimum atomic E-state index is 0.224. The van der Waals surface area contributed by atoms with Gasteiger partial charge in [-0.2, -0.15) is 0 Å². The van der Waals surface area contributed by atoms with Crippen molar-refractivity contribution >= 4 is 0 Å². The first kappa shape index (κ1) is 13.7. The second kappa shape index (κ2) is 6.42. The van der Waals surface area contributed by atoms with Gasteiger partial charge in [0.1, 0.15) is 5.75 Å². The Hall–Kier alpha value is -1.76. The molecule has 0 aliphatic heterocycles. The molecule has 19 heavy (non-hydrogen) atoms. The molecule has 0 aliphatic carbocycles. The Labute approximate surface area is 115 Å². The fourth-order valence-electron chi connectivity index (χ4n) is 2.39. The van der Waals surface area contributed by atoms with Crippen molar-refractivity contribution in [3.63, 3.8) is 0 Å². The van der Waals surface area contributed by atoms with Crippen molar-refractivity contribution in [2.75, 3.05) is 0 Å². The van der Waals surface area contributed by atoms with Crippen LogP contribution in [0.5, 0.6) is 5.75 Å². The van der Waals surface area contributed by atoms with E-state index in [2.05, 4.69) is 38.1 Å². The quantitative estimate of drug-likeness (QED) is 0.805. The van der Waals surface area contributed by atoms with E-state index >= 15 is 0 Å². The van der Waals surface area contributed by atoms with Crippen LogP contribution in [0.3, 0.4) is 0 Å². The number of aromatic hydroxyl groups is 1. The van der Waals surface area contributed by atoms with Crippen LogP contribution in [0.4, 0.5) is 0 Å². The van der Waals surface area contributed by atoms with Crippen LogP contribution in [0.2, 0.25) is 0 Å². The molecular formula is C18H22O. The molecule has 0 amide bonds. The van der Waals surface area contributed by atoms with Crippen LogP contribution in [-0.4, -0.2) is 5.11 Å². The Kier molecular flexibility index (Phi) is 4.62. The summed E-state index contributed by atoms with van der Waals surface area (Å²) < 4.78 is 0. The molecule has 0 spiro atoms. The van der Waals surface area contributed by atoms with Crippen LogP contribution in [-0.2, 0) is 6.42 Å². The van der Waals surface area contributed by atoms with Gasteiger partial charge in [-0.3, -0.25) is 0 Å². The highest BCUT2D eigenvalue weighted by molar-refractivity contribution is 5.41. The van der Waals surface area contributed by atoms with Crippen molar-refractivity contribution < 1.29 is 5.11 Å². The number of hydrogen-bond donors (Lipinski definition) is 1. The van der Waals surface area contributed by atoms with E-state index in [9.17, 15) is 5.11 Å². The van der Waals surface area contributed by atoms with Crippen molar-refractivity contribution in [2.24, 2.45) is 0 Å². The van der Waals surface area contributed by atoms with Gasteiger partial charge in [0.15, 0.2) is 0 Å². The van der Waals surface area contributed by atoms with Crippen LogP contribution in [0.1, 0.15) is 49.3 Å². The van der Waals surface area contributed by atoms with Gasteiger partial charge in [-0.25, -0.2) is 0 Å². The summed E-state index contributed by atoms with van der Waals surface area (Å²) in [6, 6.07) is 16.4. The maximum absolute atomic E-state index is 9.91. The molecule has 0 saturated heterocycles. The molecule has 0 saturated carbocycles. The normalized spacial score (nSPS) is 12.3. The lowest BCUT2D eigenvalue weighted by atomic mass is 9.91. The summed E-state index contributed by atoms with van der Waals surface area (Å²) in [6.07, 6.45) is 3.63. The summed E-state index contributed by atoms with van der Waals surface area (Å²) >= 11 is 0. The van der Waals surface area contributed by atoms with Crippen molar-refractivity contribution in [3.8, 4) is 5.75 Å². The number of aryl methyl sites for hydroxylation is 1. The third kappa shape index (κ3) is 3.37. The number of unbranched alkanes of at least 4 members (excludes halogenated alkanes) is 1. The van der Waals surface area contributed by atoms with E-state index in [1.165, 1.54) is 24.0 Å². The van der Waals surface area contributed by atoms with Gasteiger partial charge in [0, 0.05) is 11.5 Å². The first-order chi connectivity index (χ1) is 9.22. The molecule has 2 aromatic carbocycles. The van der Waals surface area contributed by atoms with E-state index in [-0.39, 0.29) is 5.92 Å². The molecular weight excluding hydrogens is 232 g/mol. The smallest absolute Gasteiger partial charge is 0.119 e. The molecule has 0 bridgehead atoms. The number of rotatable bonds is 5. The topological polar surface area (TPSA) is 20.2 Å². The molecule has 2 aromatic rings. The van der Waals surface area contributed by atoms with Crippen LogP contribution in [0.25, 0.3) is 0 Å². The SMILES string of the molecule is CCCCc1ccc(C(C)c2ccccc2O)cc1. The summed E-state index contributed by atoms with van der Waals surface area (Å²) in [5, 5.41) is 9.91. The third-order valence-corrected chi connectivity index (χ3v) is 3.70. The lowest BCUT2D eigenvalue weighted by Crippen LogP contribution is -1.97. The number of benzene rings is 2. The highest BCUT2D eigenvalue weighted by atomic mass is 16.3. The van der Waals surface area contributed by atoms with E-state index in [1.54, 1.807) is 6.07 Å². The van der Waals surface area contributed by atoms with E-state index in [4.69, 9.17) is 0 Å². The van der Waals surface area contributed by atoms with Crippen molar-refractivity contribution in [2.45, 2.75) is 39.0 Å². The predicted molar refractivity (Wildman–Crippen MR) is 80.7 cm³/mol. The number of para-hydroxylation sites is 1. The molecule has 1 unspecified atom stereocenters. The average Bonchev–Trinajstić information content (AvgIpc) is 2.45. The molecule has 1 atom stereocenters. The third-order valence-electron chi connectivity index (χ3n) is 3.70. The van der Waals surface area contributed by atoms with Crippen molar-refractivity contribution in [1.82, 2.24) is 0 Å². The molecule has 1 N–H and O–H groups in total. The van der Waals surface area contributed by atoms with Crippen molar-refractivity contribution in [3.05, 3.63) is 65.2 Å². The maximum atomic E-state index is 9.91. The molecule has 2 rings (SSSR count). The van der Waals surface area contributed by atoms with Crippen LogP contribution >= 0.6 is 0 Å². The molecule has 0 radical (unpaired) electrons. The zero-order chi connectivity index (χ0) is 13.7. The molecule has 1 nitrogen and oxygen atoms in total. The summed E-state index contributed by atoms with van der Waals surface area (Å²) in [5.41, 5.74) is 3.64. The van der Waals surface area contributed by atoms with E-state index in [0.717, 1.165) is 12.0 Å². The minimum absolute atomic E-state index is 0.224. The van der Waals surface area contributed by atoms with Gasteiger partial charge < -0.3 is 5.11 Å². The molecule has 0 fully saturated rings. The Morgan fingerprint density at radius 3 is 2.32 bits per heavy atom. The van der Waals surface area contributed by atoms with Crippen LogP contribution in [0, 0.1) is 0 Å². The Morgan fingerprint density at radius 1 is 1.00 bits per heavy atom. The molecule has 0 aromatic heterocycles. The number of phenolic OH excluding ortho intramolecular Hbond substituents is 1. The summed E-state index contributed by atoms with van der Waals surface area (Å²) in [7, 11) is 0. The second-order valence-electron chi connectivity index (χ2n) is 5.13. The predicted octanol–water partition coefficient (Wildman–Crippen LogP) is 4.89. The van der Waals surface area contributed by atoms with E-state index < -0.39 is 0 Å².